The first-order valence-electron chi connectivity index (χ1n) is 14.5. The third-order valence-corrected chi connectivity index (χ3v) is 8.74. The largest absolute Gasteiger partial charge is 1.00 e. The van der Waals surface area contributed by atoms with Crippen molar-refractivity contribution in [2.75, 3.05) is 0 Å². The Morgan fingerprint density at radius 1 is 0.878 bits per heavy atom. The van der Waals surface area contributed by atoms with Gasteiger partial charge in [0.1, 0.15) is 0 Å². The van der Waals surface area contributed by atoms with Gasteiger partial charge in [0, 0.05) is 5.41 Å². The summed E-state index contributed by atoms with van der Waals surface area (Å²) in [6.45, 7) is 24.9. The van der Waals surface area contributed by atoms with Crippen molar-refractivity contribution in [3.63, 3.8) is 0 Å². The molecule has 4 aliphatic rings. The molecule has 0 spiro atoms. The molecule has 0 bridgehead atoms. The molecule has 218 valence electrons. The number of allylic oxidation sites excluding steroid dienone is 8. The molecule has 41 heavy (non-hydrogen) atoms. The van der Waals surface area contributed by atoms with Crippen LogP contribution in [0.4, 0.5) is 0 Å². The molecule has 4 aliphatic carbocycles. The molecule has 0 fully saturated rings. The van der Waals surface area contributed by atoms with Crippen LogP contribution in [-0.2, 0) is 41.5 Å². The molecule has 2 aromatic rings. The van der Waals surface area contributed by atoms with E-state index >= 15 is 0 Å². The average Bonchev–Trinajstić information content (AvgIpc) is 3.53. The molecule has 1 atom stereocenters. The van der Waals surface area contributed by atoms with Crippen molar-refractivity contribution in [3.8, 4) is 11.1 Å². The summed E-state index contributed by atoms with van der Waals surface area (Å²) in [4.78, 5) is 0. The molecule has 0 aromatic heterocycles. The van der Waals surface area contributed by atoms with E-state index in [2.05, 4.69) is 129 Å². The van der Waals surface area contributed by atoms with Gasteiger partial charge in [-0.1, -0.05) is 111 Å². The molecule has 0 saturated carbocycles. The van der Waals surface area contributed by atoms with Crippen molar-refractivity contribution in [1.29, 1.82) is 0 Å². The molecule has 0 amide bonds. The first-order chi connectivity index (χ1) is 18.1. The molecular formula is C38H46Cl2Zr-2. The van der Waals surface area contributed by atoms with Crippen molar-refractivity contribution in [2.24, 2.45) is 11.3 Å². The Kier molecular flexibility index (Phi) is 11.2. The van der Waals surface area contributed by atoms with E-state index in [-0.39, 0.29) is 35.6 Å². The van der Waals surface area contributed by atoms with Gasteiger partial charge in [0.15, 0.2) is 0 Å². The van der Waals surface area contributed by atoms with Gasteiger partial charge < -0.3 is 24.8 Å². The normalized spacial score (nSPS) is 19.7. The van der Waals surface area contributed by atoms with Crippen molar-refractivity contribution in [1.82, 2.24) is 0 Å². The third-order valence-electron chi connectivity index (χ3n) is 8.74. The maximum atomic E-state index is 3.65. The summed E-state index contributed by atoms with van der Waals surface area (Å²) in [5.74, 6) is 0.522. The minimum absolute atomic E-state index is 0. The topological polar surface area (TPSA) is 0 Å². The van der Waals surface area contributed by atoms with Crippen LogP contribution in [0.2, 0.25) is 0 Å². The molecule has 2 aromatic carbocycles. The second-order valence-electron chi connectivity index (χ2n) is 13.8. The van der Waals surface area contributed by atoms with Gasteiger partial charge in [-0.15, -0.1) is 11.6 Å². The predicted molar refractivity (Wildman–Crippen MR) is 168 cm³/mol. The van der Waals surface area contributed by atoms with E-state index < -0.39 is 0 Å². The smallest absolute Gasteiger partial charge is 1.00 e. The van der Waals surface area contributed by atoms with Crippen molar-refractivity contribution in [2.45, 2.75) is 99.8 Å². The average molecular weight is 665 g/mol. The Labute approximate surface area is 278 Å². The summed E-state index contributed by atoms with van der Waals surface area (Å²) in [6, 6.07) is 9.81. The van der Waals surface area contributed by atoms with E-state index in [1.807, 2.05) is 0 Å². The third kappa shape index (κ3) is 6.64. The fraction of sp³-hybridized carbons (Fsp3) is 0.447. The van der Waals surface area contributed by atoms with E-state index in [9.17, 15) is 0 Å². The quantitative estimate of drug-likeness (QED) is 0.343. The molecule has 0 heterocycles. The van der Waals surface area contributed by atoms with Crippen LogP contribution in [-0.4, -0.2) is 4.21 Å². The van der Waals surface area contributed by atoms with E-state index in [1.165, 1.54) is 91.0 Å². The van der Waals surface area contributed by atoms with Crippen LogP contribution in [0.1, 0.15) is 116 Å². The minimum Gasteiger partial charge on any atom is -1.00 e. The van der Waals surface area contributed by atoms with Crippen LogP contribution in [0.3, 0.4) is 0 Å². The van der Waals surface area contributed by atoms with E-state index in [4.69, 9.17) is 0 Å². The maximum Gasteiger partial charge on any atom is -1.00 e. The number of hydrogen-bond acceptors (Lipinski definition) is 0. The molecule has 0 nitrogen and oxygen atoms in total. The Hall–Kier alpha value is -1.27. The maximum absolute atomic E-state index is 3.65. The van der Waals surface area contributed by atoms with Crippen molar-refractivity contribution in [3.05, 3.63) is 93.1 Å². The van der Waals surface area contributed by atoms with Crippen LogP contribution >= 0.6 is 0 Å². The van der Waals surface area contributed by atoms with Gasteiger partial charge >= 0.3 is 28.4 Å². The van der Waals surface area contributed by atoms with Crippen molar-refractivity contribution < 1.29 is 49.0 Å². The first-order valence-corrected chi connectivity index (χ1v) is 16.2. The van der Waals surface area contributed by atoms with E-state index in [0.717, 1.165) is 12.8 Å². The van der Waals surface area contributed by atoms with Gasteiger partial charge in [-0.2, -0.15) is 17.2 Å². The Bertz CT molecular complexity index is 1370. The van der Waals surface area contributed by atoms with Gasteiger partial charge in [-0.05, 0) is 58.4 Å². The molecular weight excluding hydrogens is 619 g/mol. The summed E-state index contributed by atoms with van der Waals surface area (Å²) in [6.07, 6.45) is 14.1. The Morgan fingerprint density at radius 3 is 1.93 bits per heavy atom. The van der Waals surface area contributed by atoms with E-state index in [0.29, 0.717) is 11.3 Å². The number of fused-ring (bicyclic) bond motifs is 5. The fourth-order valence-electron chi connectivity index (χ4n) is 7.02. The summed E-state index contributed by atoms with van der Waals surface area (Å²) in [5, 5.41) is 0. The van der Waals surface area contributed by atoms with Crippen molar-refractivity contribution >= 4 is 15.4 Å². The van der Waals surface area contributed by atoms with E-state index in [1.54, 1.807) is 0 Å². The van der Waals surface area contributed by atoms with Crippen LogP contribution in [0.5, 0.6) is 0 Å². The van der Waals surface area contributed by atoms with Gasteiger partial charge in [-0.25, -0.2) is 11.1 Å². The standard InChI is InChI=1S/C25H25.C12H19.CH2.2ClH.Zr/c1-14-12-24(3,4)22-8-16-7-17-9-23-19(15(2)13-25(23,5)6)11-21(17)20(16)10-18(14)22;1-6-10-7-9(2)8-11(10)12(3,4)5;;;;/h8-12H,7H2,1-6H3;8-9H,6H2,1-5H3;1H2;2*1H;/q2*-1;;;;+2/p-2. The first kappa shape index (κ1) is 35.9. The van der Waals surface area contributed by atoms with Crippen LogP contribution in [0.25, 0.3) is 22.3 Å². The fourth-order valence-corrected chi connectivity index (χ4v) is 7.02. The molecule has 3 heteroatoms. The summed E-state index contributed by atoms with van der Waals surface area (Å²) in [7, 11) is 0. The van der Waals surface area contributed by atoms with Gasteiger partial charge in [0.2, 0.25) is 0 Å². The molecule has 0 aliphatic heterocycles. The Morgan fingerprint density at radius 2 is 1.41 bits per heavy atom. The van der Waals surface area contributed by atoms with Gasteiger partial charge in [-0.3, -0.25) is 12.2 Å². The number of benzene rings is 2. The molecule has 0 N–H and O–H groups in total. The molecule has 1 unspecified atom stereocenters. The SMILES string of the molecule is CC1=[C-]C(C)(C)c2cc3c(cc21)-c1cc2c(cc1C3)C(C)(C)C=C2C.CCC1=[C-]C(C)C=C1C(C)(C)C.[CH2]=[Zr+2].[Cl-].[Cl-]. The zero-order valence-corrected chi connectivity index (χ0v) is 30.9. The zero-order valence-electron chi connectivity index (χ0n) is 26.9. The molecule has 0 radical (unpaired) electrons. The number of hydrogen-bond donors (Lipinski definition) is 0. The summed E-state index contributed by atoms with van der Waals surface area (Å²) < 4.78 is 3.34. The molecule has 0 saturated heterocycles. The number of halogens is 2. The monoisotopic (exact) mass is 662 g/mol. The second-order valence-corrected chi connectivity index (χ2v) is 13.8. The van der Waals surface area contributed by atoms with Gasteiger partial charge in [0.25, 0.3) is 0 Å². The van der Waals surface area contributed by atoms with Crippen LogP contribution in [0, 0.1) is 23.5 Å². The predicted octanol–water partition coefficient (Wildman–Crippen LogP) is 4.17. The van der Waals surface area contributed by atoms with Crippen LogP contribution < -0.4 is 24.8 Å². The number of rotatable bonds is 1. The second kappa shape index (κ2) is 12.8. The Balaban J connectivity index is 0.000000315. The summed E-state index contributed by atoms with van der Waals surface area (Å²) in [5.41, 5.74) is 17.8. The van der Waals surface area contributed by atoms with Crippen LogP contribution in [0.15, 0.2) is 47.6 Å². The summed E-state index contributed by atoms with van der Waals surface area (Å²) >= 11 is 1.30. The molecule has 6 rings (SSSR count). The minimum atomic E-state index is 0. The zero-order chi connectivity index (χ0) is 29.1. The van der Waals surface area contributed by atoms with Gasteiger partial charge in [0.05, 0.1) is 0 Å².